The number of benzene rings is 1. The normalized spacial score (nSPS) is 11.6. The Balaban J connectivity index is 1.79. The van der Waals surface area contributed by atoms with Gasteiger partial charge in [0.2, 0.25) is 0 Å². The van der Waals surface area contributed by atoms with Crippen molar-refractivity contribution >= 4 is 17.6 Å². The Labute approximate surface area is 143 Å². The van der Waals surface area contributed by atoms with Gasteiger partial charge >= 0.3 is 0 Å². The maximum Gasteiger partial charge on any atom is 0.193 e. The van der Waals surface area contributed by atoms with Crippen LogP contribution in [0.15, 0.2) is 47.6 Å². The molecule has 0 aliphatic rings. The van der Waals surface area contributed by atoms with E-state index < -0.39 is 0 Å². The van der Waals surface area contributed by atoms with E-state index in [4.69, 9.17) is 11.6 Å². The molecule has 124 valence electrons. The third-order valence-electron chi connectivity index (χ3n) is 3.82. The lowest BCUT2D eigenvalue weighted by Gasteiger charge is -2.22. The Kier molecular flexibility index (Phi) is 6.53. The molecule has 0 bridgehead atoms. The lowest BCUT2D eigenvalue weighted by atomic mass is 10.1. The number of rotatable bonds is 6. The standard InChI is InChI=1S/C18H25ClN4/c1-20-18(21-11-7-10-15-8-5-4-6-9-15)23(3)14-17-12-16(19)13-22(17)2/h4-6,8-9,12-13H,7,10-11,14H2,1-3H3,(H,20,21). The SMILES string of the molecule is CN=C(NCCCc1ccccc1)N(C)Cc1cc(Cl)cn1C. The van der Waals surface area contributed by atoms with Gasteiger partial charge in [-0.3, -0.25) is 4.99 Å². The van der Waals surface area contributed by atoms with Gasteiger partial charge in [-0.2, -0.15) is 0 Å². The van der Waals surface area contributed by atoms with Crippen LogP contribution in [-0.2, 0) is 20.0 Å². The number of halogens is 1. The molecular formula is C18H25ClN4. The summed E-state index contributed by atoms with van der Waals surface area (Å²) >= 11 is 6.04. The fourth-order valence-corrected chi connectivity index (χ4v) is 2.84. The first-order valence-corrected chi connectivity index (χ1v) is 8.24. The molecular weight excluding hydrogens is 308 g/mol. The first kappa shape index (κ1) is 17.4. The summed E-state index contributed by atoms with van der Waals surface area (Å²) in [4.78, 5) is 6.46. The van der Waals surface area contributed by atoms with Gasteiger partial charge in [-0.05, 0) is 24.5 Å². The summed E-state index contributed by atoms with van der Waals surface area (Å²) in [6, 6.07) is 12.5. The second kappa shape index (κ2) is 8.63. The van der Waals surface area contributed by atoms with Gasteiger partial charge in [0.1, 0.15) is 0 Å². The molecule has 0 saturated carbocycles. The molecule has 5 heteroatoms. The van der Waals surface area contributed by atoms with Crippen molar-refractivity contribution in [3.63, 3.8) is 0 Å². The Morgan fingerprint density at radius 2 is 2.04 bits per heavy atom. The van der Waals surface area contributed by atoms with Crippen molar-refractivity contribution in [3.05, 3.63) is 58.9 Å². The van der Waals surface area contributed by atoms with E-state index in [0.717, 1.165) is 42.6 Å². The van der Waals surface area contributed by atoms with E-state index in [-0.39, 0.29) is 0 Å². The maximum atomic E-state index is 6.04. The van der Waals surface area contributed by atoms with Crippen LogP contribution < -0.4 is 5.32 Å². The van der Waals surface area contributed by atoms with Crippen LogP contribution in [-0.4, -0.2) is 36.1 Å². The highest BCUT2D eigenvalue weighted by atomic mass is 35.5. The number of hydrogen-bond donors (Lipinski definition) is 1. The van der Waals surface area contributed by atoms with Crippen molar-refractivity contribution in [2.75, 3.05) is 20.6 Å². The summed E-state index contributed by atoms with van der Waals surface area (Å²) in [6.45, 7) is 1.67. The third-order valence-corrected chi connectivity index (χ3v) is 4.02. The number of aromatic nitrogens is 1. The predicted octanol–water partition coefficient (Wildman–Crippen LogP) is 3.32. The minimum Gasteiger partial charge on any atom is -0.356 e. The molecule has 0 unspecified atom stereocenters. The van der Waals surface area contributed by atoms with Crippen LogP contribution in [0.1, 0.15) is 17.7 Å². The third kappa shape index (κ3) is 5.32. The van der Waals surface area contributed by atoms with Crippen LogP contribution in [0.3, 0.4) is 0 Å². The van der Waals surface area contributed by atoms with Gasteiger partial charge in [-0.15, -0.1) is 0 Å². The van der Waals surface area contributed by atoms with Gasteiger partial charge in [0, 0.05) is 39.6 Å². The van der Waals surface area contributed by atoms with Gasteiger partial charge in [0.05, 0.1) is 11.6 Å². The average molecular weight is 333 g/mol. The fraction of sp³-hybridized carbons (Fsp3) is 0.389. The molecule has 0 fully saturated rings. The van der Waals surface area contributed by atoms with E-state index in [1.807, 2.05) is 44.0 Å². The minimum absolute atomic E-state index is 0.765. The summed E-state index contributed by atoms with van der Waals surface area (Å²) in [6.07, 6.45) is 4.07. The maximum absolute atomic E-state index is 6.04. The second-order valence-electron chi connectivity index (χ2n) is 5.68. The topological polar surface area (TPSA) is 32.6 Å². The fourth-order valence-electron chi connectivity index (χ4n) is 2.56. The molecule has 4 nitrogen and oxygen atoms in total. The number of hydrogen-bond acceptors (Lipinski definition) is 1. The Morgan fingerprint density at radius 1 is 1.30 bits per heavy atom. The second-order valence-corrected chi connectivity index (χ2v) is 6.12. The summed E-state index contributed by atoms with van der Waals surface area (Å²) in [5, 5.41) is 4.19. The quantitative estimate of drug-likeness (QED) is 0.500. The Hall–Kier alpha value is -1.94. The van der Waals surface area contributed by atoms with Gasteiger partial charge in [-0.1, -0.05) is 41.9 Å². The smallest absolute Gasteiger partial charge is 0.193 e. The van der Waals surface area contributed by atoms with E-state index in [2.05, 4.69) is 39.5 Å². The summed E-state index contributed by atoms with van der Waals surface area (Å²) in [7, 11) is 5.85. The van der Waals surface area contributed by atoms with Crippen molar-refractivity contribution in [2.45, 2.75) is 19.4 Å². The molecule has 0 atom stereocenters. The molecule has 0 radical (unpaired) electrons. The average Bonchev–Trinajstić information content (AvgIpc) is 2.85. The summed E-state index contributed by atoms with van der Waals surface area (Å²) in [5.41, 5.74) is 2.53. The number of guanidine groups is 1. The van der Waals surface area contributed by atoms with Gasteiger partial charge < -0.3 is 14.8 Å². The van der Waals surface area contributed by atoms with Crippen LogP contribution in [0, 0.1) is 0 Å². The molecule has 0 aliphatic heterocycles. The number of nitrogens with zero attached hydrogens (tertiary/aromatic N) is 3. The predicted molar refractivity (Wildman–Crippen MR) is 98.0 cm³/mol. The van der Waals surface area contributed by atoms with Crippen LogP contribution in [0.2, 0.25) is 5.02 Å². The van der Waals surface area contributed by atoms with Crippen LogP contribution in [0.5, 0.6) is 0 Å². The van der Waals surface area contributed by atoms with Crippen LogP contribution in [0.25, 0.3) is 0 Å². The van der Waals surface area contributed by atoms with Crippen molar-refractivity contribution < 1.29 is 0 Å². The zero-order valence-electron chi connectivity index (χ0n) is 14.1. The highest BCUT2D eigenvalue weighted by Gasteiger charge is 2.09. The zero-order valence-corrected chi connectivity index (χ0v) is 14.8. The monoisotopic (exact) mass is 332 g/mol. The van der Waals surface area contributed by atoms with Crippen molar-refractivity contribution in [1.29, 1.82) is 0 Å². The molecule has 1 N–H and O–H groups in total. The number of aryl methyl sites for hydroxylation is 2. The van der Waals surface area contributed by atoms with Gasteiger partial charge in [0.25, 0.3) is 0 Å². The number of nitrogens with one attached hydrogen (secondary N) is 1. The zero-order chi connectivity index (χ0) is 16.7. The van der Waals surface area contributed by atoms with E-state index >= 15 is 0 Å². The molecule has 23 heavy (non-hydrogen) atoms. The molecule has 1 aromatic heterocycles. The molecule has 1 aromatic carbocycles. The van der Waals surface area contributed by atoms with Crippen LogP contribution >= 0.6 is 11.6 Å². The highest BCUT2D eigenvalue weighted by molar-refractivity contribution is 6.30. The van der Waals surface area contributed by atoms with E-state index in [1.165, 1.54) is 5.56 Å². The van der Waals surface area contributed by atoms with E-state index in [0.29, 0.717) is 0 Å². The van der Waals surface area contributed by atoms with Crippen molar-refractivity contribution in [1.82, 2.24) is 14.8 Å². The van der Waals surface area contributed by atoms with Gasteiger partial charge in [-0.25, -0.2) is 0 Å². The number of aliphatic imine (C=N–C) groups is 1. The first-order valence-electron chi connectivity index (χ1n) is 7.86. The van der Waals surface area contributed by atoms with Crippen molar-refractivity contribution in [2.24, 2.45) is 12.0 Å². The van der Waals surface area contributed by atoms with Gasteiger partial charge in [0.15, 0.2) is 5.96 Å². The first-order chi connectivity index (χ1) is 11.1. The highest BCUT2D eigenvalue weighted by Crippen LogP contribution is 2.14. The van der Waals surface area contributed by atoms with Crippen molar-refractivity contribution in [3.8, 4) is 0 Å². The lowest BCUT2D eigenvalue weighted by molar-refractivity contribution is 0.461. The molecule has 0 saturated heterocycles. The van der Waals surface area contributed by atoms with E-state index in [1.54, 1.807) is 0 Å². The minimum atomic E-state index is 0.765. The summed E-state index contributed by atoms with van der Waals surface area (Å²) < 4.78 is 2.04. The van der Waals surface area contributed by atoms with E-state index in [9.17, 15) is 0 Å². The molecule has 2 rings (SSSR count). The molecule has 0 spiro atoms. The molecule has 2 aromatic rings. The molecule has 0 amide bonds. The molecule has 0 aliphatic carbocycles. The Bertz CT molecular complexity index is 634. The van der Waals surface area contributed by atoms with Crippen LogP contribution in [0.4, 0.5) is 0 Å². The largest absolute Gasteiger partial charge is 0.356 e. The molecule has 1 heterocycles. The summed E-state index contributed by atoms with van der Waals surface area (Å²) in [5.74, 6) is 0.899. The Morgan fingerprint density at radius 3 is 2.65 bits per heavy atom. The lowest BCUT2D eigenvalue weighted by Crippen LogP contribution is -2.39.